The van der Waals surface area contributed by atoms with Crippen LogP contribution >= 0.6 is 23.2 Å². The molecule has 5 nitrogen and oxygen atoms in total. The van der Waals surface area contributed by atoms with Crippen LogP contribution in [-0.2, 0) is 4.74 Å². The second-order valence-corrected chi connectivity index (χ2v) is 8.18. The van der Waals surface area contributed by atoms with E-state index in [-0.39, 0.29) is 0 Å². The summed E-state index contributed by atoms with van der Waals surface area (Å²) >= 11 is 12.4. The van der Waals surface area contributed by atoms with E-state index >= 15 is 0 Å². The fourth-order valence-electron chi connectivity index (χ4n) is 3.91. The highest BCUT2D eigenvalue weighted by molar-refractivity contribution is 6.32. The lowest BCUT2D eigenvalue weighted by Gasteiger charge is -2.26. The van der Waals surface area contributed by atoms with E-state index in [2.05, 4.69) is 10.2 Å². The van der Waals surface area contributed by atoms with Gasteiger partial charge in [0.15, 0.2) is 5.58 Å². The molecule has 2 aromatic heterocycles. The van der Waals surface area contributed by atoms with E-state index in [1.54, 1.807) is 0 Å². The Morgan fingerprint density at radius 2 is 1.79 bits per heavy atom. The van der Waals surface area contributed by atoms with Crippen LogP contribution in [0.3, 0.4) is 0 Å². The summed E-state index contributed by atoms with van der Waals surface area (Å²) in [4.78, 5) is 7.27. The number of hydrogen-bond donors (Lipinski definition) is 1. The number of rotatable bonds is 5. The summed E-state index contributed by atoms with van der Waals surface area (Å²) in [6, 6.07) is 11.4. The van der Waals surface area contributed by atoms with Crippen LogP contribution in [0, 0.1) is 0 Å². The van der Waals surface area contributed by atoms with Crippen LogP contribution in [0.4, 0.5) is 5.69 Å². The lowest BCUT2D eigenvalue weighted by atomic mass is 10.1. The van der Waals surface area contributed by atoms with Crippen molar-refractivity contribution in [3.05, 3.63) is 46.4 Å². The van der Waals surface area contributed by atoms with Gasteiger partial charge in [-0.25, -0.2) is 4.98 Å². The number of ether oxygens (including phenoxy) is 1. The number of morpholine rings is 1. The topological polar surface area (TPSA) is 50.5 Å². The lowest BCUT2D eigenvalue weighted by Crippen LogP contribution is -2.37. The lowest BCUT2D eigenvalue weighted by molar-refractivity contribution is 0.0378. The van der Waals surface area contributed by atoms with Crippen LogP contribution in [0.25, 0.3) is 33.0 Å². The van der Waals surface area contributed by atoms with Crippen LogP contribution < -0.4 is 5.32 Å². The van der Waals surface area contributed by atoms with Crippen molar-refractivity contribution in [2.75, 3.05) is 44.7 Å². The van der Waals surface area contributed by atoms with Gasteiger partial charge in [-0.15, -0.1) is 0 Å². The molecule has 4 aromatic rings. The van der Waals surface area contributed by atoms with Gasteiger partial charge in [-0.05, 0) is 49.4 Å². The molecule has 29 heavy (non-hydrogen) atoms. The molecule has 3 heterocycles. The smallest absolute Gasteiger partial charge is 0.177 e. The number of benzene rings is 2. The zero-order valence-corrected chi connectivity index (χ0v) is 17.4. The zero-order chi connectivity index (χ0) is 19.8. The number of fused-ring (bicyclic) bond motifs is 4. The maximum absolute atomic E-state index is 6.23. The fourth-order valence-corrected chi connectivity index (χ4v) is 4.24. The van der Waals surface area contributed by atoms with Gasteiger partial charge in [0.2, 0.25) is 0 Å². The van der Waals surface area contributed by atoms with Gasteiger partial charge in [0.25, 0.3) is 0 Å². The summed E-state index contributed by atoms with van der Waals surface area (Å²) in [5.41, 5.74) is 4.12. The summed E-state index contributed by atoms with van der Waals surface area (Å²) in [6.07, 6.45) is 1.03. The van der Waals surface area contributed by atoms with Gasteiger partial charge in [-0.2, -0.15) is 0 Å². The van der Waals surface area contributed by atoms with Crippen LogP contribution in [0.2, 0.25) is 10.0 Å². The first-order chi connectivity index (χ1) is 14.2. The Labute approximate surface area is 178 Å². The molecule has 0 aliphatic carbocycles. The molecule has 5 rings (SSSR count). The number of furan rings is 1. The van der Waals surface area contributed by atoms with E-state index in [0.29, 0.717) is 10.0 Å². The molecular formula is C22H21Cl2N3O2. The van der Waals surface area contributed by atoms with Gasteiger partial charge in [0.05, 0.1) is 24.4 Å². The van der Waals surface area contributed by atoms with E-state index in [0.717, 1.165) is 84.5 Å². The zero-order valence-electron chi connectivity index (χ0n) is 15.9. The summed E-state index contributed by atoms with van der Waals surface area (Å²) in [6.45, 7) is 5.54. The number of nitrogens with zero attached hydrogens (tertiary/aromatic N) is 2. The highest BCUT2D eigenvalue weighted by Crippen LogP contribution is 2.38. The van der Waals surface area contributed by atoms with Crippen molar-refractivity contribution in [2.45, 2.75) is 6.42 Å². The molecule has 1 aliphatic heterocycles. The Morgan fingerprint density at radius 3 is 2.66 bits per heavy atom. The minimum atomic E-state index is 0.660. The standard InChI is InChI=1S/C22H21Cl2N3O2/c23-14-3-5-19-17(12-14)21-22(29-19)20(16-4-2-15(24)13-18(16)26-21)25-6-1-7-27-8-10-28-11-9-27/h2-5,12-13H,1,6-11H2,(H,25,26). The molecule has 0 radical (unpaired) electrons. The Bertz CT molecular complexity index is 1190. The van der Waals surface area contributed by atoms with Crippen molar-refractivity contribution < 1.29 is 9.15 Å². The minimum Gasteiger partial charge on any atom is -0.452 e. The quantitative estimate of drug-likeness (QED) is 0.419. The summed E-state index contributed by atoms with van der Waals surface area (Å²) in [7, 11) is 0. The molecule has 2 aromatic carbocycles. The van der Waals surface area contributed by atoms with Crippen LogP contribution in [0.1, 0.15) is 6.42 Å². The second kappa shape index (κ2) is 8.00. The fraction of sp³-hybridized carbons (Fsp3) is 0.318. The molecule has 1 aliphatic rings. The highest BCUT2D eigenvalue weighted by Gasteiger charge is 2.17. The van der Waals surface area contributed by atoms with Gasteiger partial charge < -0.3 is 14.5 Å². The number of halogens is 2. The normalized spacial score (nSPS) is 15.5. The second-order valence-electron chi connectivity index (χ2n) is 7.30. The third-order valence-electron chi connectivity index (χ3n) is 5.37. The largest absolute Gasteiger partial charge is 0.452 e. The Morgan fingerprint density at radius 1 is 1.00 bits per heavy atom. The third-order valence-corrected chi connectivity index (χ3v) is 5.84. The first kappa shape index (κ1) is 18.9. The van der Waals surface area contributed by atoms with E-state index < -0.39 is 0 Å². The molecule has 0 atom stereocenters. The highest BCUT2D eigenvalue weighted by atomic mass is 35.5. The van der Waals surface area contributed by atoms with E-state index in [1.165, 1.54) is 0 Å². The SMILES string of the molecule is Clc1ccc2c(NCCCN3CCOCC3)c3oc4ccc(Cl)cc4c3nc2c1. The predicted octanol–water partition coefficient (Wildman–Crippen LogP) is 5.58. The van der Waals surface area contributed by atoms with E-state index in [4.69, 9.17) is 37.3 Å². The van der Waals surface area contributed by atoms with Crippen LogP contribution in [-0.4, -0.2) is 49.3 Å². The number of pyridine rings is 1. The van der Waals surface area contributed by atoms with Crippen LogP contribution in [0.5, 0.6) is 0 Å². The van der Waals surface area contributed by atoms with Crippen molar-refractivity contribution in [1.29, 1.82) is 0 Å². The molecule has 1 N–H and O–H groups in total. The molecule has 1 fully saturated rings. The van der Waals surface area contributed by atoms with Gasteiger partial charge in [0, 0.05) is 40.5 Å². The molecule has 0 amide bonds. The minimum absolute atomic E-state index is 0.660. The number of anilines is 1. The Hall–Kier alpha value is -2.05. The van der Waals surface area contributed by atoms with Crippen molar-refractivity contribution >= 4 is 61.9 Å². The molecule has 0 bridgehead atoms. The average molecular weight is 430 g/mol. The predicted molar refractivity (Wildman–Crippen MR) is 119 cm³/mol. The number of hydrogen-bond acceptors (Lipinski definition) is 5. The van der Waals surface area contributed by atoms with E-state index in [1.807, 2.05) is 36.4 Å². The molecule has 7 heteroatoms. The average Bonchev–Trinajstić information content (AvgIpc) is 3.08. The van der Waals surface area contributed by atoms with E-state index in [9.17, 15) is 0 Å². The summed E-state index contributed by atoms with van der Waals surface area (Å²) in [5.74, 6) is 0. The monoisotopic (exact) mass is 429 g/mol. The summed E-state index contributed by atoms with van der Waals surface area (Å²) < 4.78 is 11.6. The Kier molecular flexibility index (Phi) is 5.22. The molecule has 0 unspecified atom stereocenters. The molecular weight excluding hydrogens is 409 g/mol. The number of aromatic nitrogens is 1. The van der Waals surface area contributed by atoms with Crippen molar-refractivity contribution in [3.8, 4) is 0 Å². The van der Waals surface area contributed by atoms with Gasteiger partial charge >= 0.3 is 0 Å². The van der Waals surface area contributed by atoms with Gasteiger partial charge in [-0.1, -0.05) is 23.2 Å². The van der Waals surface area contributed by atoms with Crippen LogP contribution in [0.15, 0.2) is 40.8 Å². The summed E-state index contributed by atoms with van der Waals surface area (Å²) in [5, 5.41) is 6.83. The van der Waals surface area contributed by atoms with Crippen molar-refractivity contribution in [2.24, 2.45) is 0 Å². The molecule has 0 saturated carbocycles. The number of nitrogens with one attached hydrogen (secondary N) is 1. The third kappa shape index (κ3) is 3.76. The Balaban J connectivity index is 1.51. The van der Waals surface area contributed by atoms with Crippen molar-refractivity contribution in [1.82, 2.24) is 9.88 Å². The maximum atomic E-state index is 6.23. The molecule has 150 valence electrons. The first-order valence-electron chi connectivity index (χ1n) is 9.84. The van der Waals surface area contributed by atoms with Crippen molar-refractivity contribution in [3.63, 3.8) is 0 Å². The molecule has 1 saturated heterocycles. The molecule has 0 spiro atoms. The maximum Gasteiger partial charge on any atom is 0.177 e. The van der Waals surface area contributed by atoms with Gasteiger partial charge in [-0.3, -0.25) is 4.90 Å². The van der Waals surface area contributed by atoms with Gasteiger partial charge in [0.1, 0.15) is 11.1 Å². The first-order valence-corrected chi connectivity index (χ1v) is 10.6.